The van der Waals surface area contributed by atoms with Crippen molar-refractivity contribution in [1.82, 2.24) is 9.97 Å². The van der Waals surface area contributed by atoms with Gasteiger partial charge in [-0.15, -0.1) is 0 Å². The second kappa shape index (κ2) is 8.35. The number of para-hydroxylation sites is 1. The molecule has 0 bridgehead atoms. The van der Waals surface area contributed by atoms with E-state index in [2.05, 4.69) is 20.6 Å². The van der Waals surface area contributed by atoms with E-state index < -0.39 is 11.7 Å². The van der Waals surface area contributed by atoms with Gasteiger partial charge >= 0.3 is 0 Å². The lowest BCUT2D eigenvalue weighted by atomic mass is 10.2. The number of anilines is 3. The van der Waals surface area contributed by atoms with Gasteiger partial charge in [0.2, 0.25) is 0 Å². The maximum absolute atomic E-state index is 14.6. The maximum Gasteiger partial charge on any atom is 0.252 e. The topological polar surface area (TPSA) is 105 Å². The number of hydrogen-bond acceptors (Lipinski definition) is 5. The highest BCUT2D eigenvalue weighted by molar-refractivity contribution is 5.98. The highest BCUT2D eigenvalue weighted by Gasteiger charge is 2.17. The van der Waals surface area contributed by atoms with E-state index in [-0.39, 0.29) is 17.2 Å². The SMILES string of the molecule is COc1cc(C)cc(Nc2nc(NCc3cc4ccccc4[nH]3)c(F)cc2C(N)=O)c1. The van der Waals surface area contributed by atoms with Crippen LogP contribution in [0.4, 0.5) is 21.7 Å². The number of benzene rings is 2. The Morgan fingerprint density at radius 2 is 1.97 bits per heavy atom. The average molecular weight is 419 g/mol. The number of H-pyrrole nitrogens is 1. The van der Waals surface area contributed by atoms with E-state index in [1.165, 1.54) is 0 Å². The summed E-state index contributed by atoms with van der Waals surface area (Å²) in [6, 6.07) is 16.4. The van der Waals surface area contributed by atoms with Gasteiger partial charge in [0.05, 0.1) is 19.2 Å². The Morgan fingerprint density at radius 1 is 1.16 bits per heavy atom. The van der Waals surface area contributed by atoms with Crippen molar-refractivity contribution in [3.8, 4) is 5.75 Å². The van der Waals surface area contributed by atoms with Gasteiger partial charge in [-0.3, -0.25) is 4.79 Å². The van der Waals surface area contributed by atoms with Crippen molar-refractivity contribution < 1.29 is 13.9 Å². The summed E-state index contributed by atoms with van der Waals surface area (Å²) in [7, 11) is 1.57. The summed E-state index contributed by atoms with van der Waals surface area (Å²) in [5.41, 5.74) is 8.85. The fraction of sp³-hybridized carbons (Fsp3) is 0.130. The lowest BCUT2D eigenvalue weighted by molar-refractivity contribution is 0.100. The first kappa shape index (κ1) is 20.2. The molecule has 0 radical (unpaired) electrons. The molecule has 31 heavy (non-hydrogen) atoms. The number of carbonyl (C=O) groups excluding carboxylic acids is 1. The van der Waals surface area contributed by atoms with E-state index in [1.807, 2.05) is 49.4 Å². The number of hydrogen-bond donors (Lipinski definition) is 4. The summed E-state index contributed by atoms with van der Waals surface area (Å²) >= 11 is 0. The predicted molar refractivity (Wildman–Crippen MR) is 119 cm³/mol. The van der Waals surface area contributed by atoms with Gasteiger partial charge in [0.15, 0.2) is 11.6 Å². The third-order valence-corrected chi connectivity index (χ3v) is 4.82. The van der Waals surface area contributed by atoms with Crippen molar-refractivity contribution >= 4 is 34.1 Å². The molecule has 0 saturated heterocycles. The molecule has 2 aromatic carbocycles. The van der Waals surface area contributed by atoms with Crippen molar-refractivity contribution in [3.63, 3.8) is 0 Å². The lowest BCUT2D eigenvalue weighted by Gasteiger charge is -2.14. The molecule has 0 unspecified atom stereocenters. The molecule has 8 heteroatoms. The summed E-state index contributed by atoms with van der Waals surface area (Å²) in [6.45, 7) is 2.24. The van der Waals surface area contributed by atoms with Crippen LogP contribution in [0.3, 0.4) is 0 Å². The first-order chi connectivity index (χ1) is 14.9. The van der Waals surface area contributed by atoms with Crippen LogP contribution in [0.15, 0.2) is 54.6 Å². The van der Waals surface area contributed by atoms with Gasteiger partial charge in [-0.25, -0.2) is 9.37 Å². The minimum Gasteiger partial charge on any atom is -0.497 e. The van der Waals surface area contributed by atoms with Crippen LogP contribution >= 0.6 is 0 Å². The molecule has 4 aromatic rings. The van der Waals surface area contributed by atoms with Gasteiger partial charge in [-0.1, -0.05) is 18.2 Å². The summed E-state index contributed by atoms with van der Waals surface area (Å²) < 4.78 is 19.9. The molecule has 0 aliphatic carbocycles. The van der Waals surface area contributed by atoms with Crippen molar-refractivity contribution in [2.75, 3.05) is 17.7 Å². The zero-order valence-electron chi connectivity index (χ0n) is 17.1. The normalized spacial score (nSPS) is 10.8. The Morgan fingerprint density at radius 3 is 2.71 bits per heavy atom. The van der Waals surface area contributed by atoms with Gasteiger partial charge in [0.1, 0.15) is 11.6 Å². The second-order valence-electron chi connectivity index (χ2n) is 7.18. The molecule has 0 saturated carbocycles. The highest BCUT2D eigenvalue weighted by atomic mass is 19.1. The molecular formula is C23H22FN5O2. The van der Waals surface area contributed by atoms with Gasteiger partial charge in [0.25, 0.3) is 5.91 Å². The van der Waals surface area contributed by atoms with E-state index in [4.69, 9.17) is 10.5 Å². The predicted octanol–water partition coefficient (Wildman–Crippen LogP) is 4.47. The molecule has 0 atom stereocenters. The Kier molecular flexibility index (Phi) is 5.44. The van der Waals surface area contributed by atoms with E-state index in [1.54, 1.807) is 13.2 Å². The molecule has 5 N–H and O–H groups in total. The number of halogens is 1. The maximum atomic E-state index is 14.6. The standard InChI is InChI=1S/C23H22FN5O2/c1-13-7-15(10-17(8-13)31-2)28-22-18(21(25)30)11-19(24)23(29-22)26-12-16-9-14-5-3-4-6-20(14)27-16/h3-11,27H,12H2,1-2H3,(H2,25,30)(H2,26,28,29). The molecule has 0 fully saturated rings. The van der Waals surface area contributed by atoms with E-state index in [0.717, 1.165) is 28.2 Å². The number of carbonyl (C=O) groups is 1. The smallest absolute Gasteiger partial charge is 0.252 e. The summed E-state index contributed by atoms with van der Waals surface area (Å²) in [5.74, 6) is -0.651. The molecule has 158 valence electrons. The fourth-order valence-electron chi connectivity index (χ4n) is 3.38. The number of methoxy groups -OCH3 is 1. The summed E-state index contributed by atoms with van der Waals surface area (Å²) in [4.78, 5) is 19.4. The second-order valence-corrected chi connectivity index (χ2v) is 7.18. The number of aryl methyl sites for hydroxylation is 1. The number of aromatic nitrogens is 2. The van der Waals surface area contributed by atoms with Gasteiger partial charge in [-0.05, 0) is 48.2 Å². The first-order valence-corrected chi connectivity index (χ1v) is 9.66. The minimum absolute atomic E-state index is 0.00535. The molecule has 4 rings (SSSR count). The van der Waals surface area contributed by atoms with Gasteiger partial charge in [-0.2, -0.15) is 0 Å². The van der Waals surface area contributed by atoms with Crippen LogP contribution in [0.1, 0.15) is 21.6 Å². The largest absolute Gasteiger partial charge is 0.497 e. The van der Waals surface area contributed by atoms with Crippen LogP contribution in [-0.4, -0.2) is 23.0 Å². The number of rotatable bonds is 7. The van der Waals surface area contributed by atoms with Gasteiger partial charge < -0.3 is 26.1 Å². The lowest BCUT2D eigenvalue weighted by Crippen LogP contribution is -2.16. The number of amides is 1. The number of nitrogens with two attached hydrogens (primary N) is 1. The first-order valence-electron chi connectivity index (χ1n) is 9.66. The van der Waals surface area contributed by atoms with Crippen LogP contribution in [0, 0.1) is 12.7 Å². The molecule has 2 heterocycles. The summed E-state index contributed by atoms with van der Waals surface area (Å²) in [5, 5.41) is 7.10. The van der Waals surface area contributed by atoms with Crippen LogP contribution in [0.2, 0.25) is 0 Å². The van der Waals surface area contributed by atoms with Crippen molar-refractivity contribution in [1.29, 1.82) is 0 Å². The minimum atomic E-state index is -0.782. The van der Waals surface area contributed by atoms with Gasteiger partial charge in [0, 0.05) is 23.0 Å². The van der Waals surface area contributed by atoms with Crippen LogP contribution in [0.5, 0.6) is 5.75 Å². The molecule has 0 spiro atoms. The highest BCUT2D eigenvalue weighted by Crippen LogP contribution is 2.27. The van der Waals surface area contributed by atoms with Crippen LogP contribution in [-0.2, 0) is 6.54 Å². The van der Waals surface area contributed by atoms with E-state index >= 15 is 0 Å². The fourth-order valence-corrected chi connectivity index (χ4v) is 3.38. The average Bonchev–Trinajstić information content (AvgIpc) is 3.16. The number of fused-ring (bicyclic) bond motifs is 1. The van der Waals surface area contributed by atoms with Crippen molar-refractivity contribution in [2.24, 2.45) is 5.73 Å². The molecule has 1 amide bonds. The Hall–Kier alpha value is -4.07. The van der Waals surface area contributed by atoms with Crippen molar-refractivity contribution in [3.05, 3.63) is 77.2 Å². The third kappa shape index (κ3) is 4.42. The number of nitrogens with zero attached hydrogens (tertiary/aromatic N) is 1. The number of ether oxygens (including phenoxy) is 1. The molecule has 2 aromatic heterocycles. The zero-order chi connectivity index (χ0) is 22.0. The van der Waals surface area contributed by atoms with Crippen LogP contribution in [0.25, 0.3) is 10.9 Å². The monoisotopic (exact) mass is 419 g/mol. The summed E-state index contributed by atoms with van der Waals surface area (Å²) in [6.07, 6.45) is 0. The Bertz CT molecular complexity index is 1240. The van der Waals surface area contributed by atoms with E-state index in [0.29, 0.717) is 18.0 Å². The number of primary amides is 1. The molecular weight excluding hydrogens is 397 g/mol. The van der Waals surface area contributed by atoms with E-state index in [9.17, 15) is 9.18 Å². The number of pyridine rings is 1. The number of aromatic amines is 1. The zero-order valence-corrected chi connectivity index (χ0v) is 17.1. The van der Waals surface area contributed by atoms with Crippen LogP contribution < -0.4 is 21.1 Å². The quantitative estimate of drug-likeness (QED) is 0.354. The Balaban J connectivity index is 1.62. The molecule has 0 aliphatic heterocycles. The van der Waals surface area contributed by atoms with Crippen molar-refractivity contribution in [2.45, 2.75) is 13.5 Å². The Labute approximate surface area is 178 Å². The number of nitrogens with one attached hydrogen (secondary N) is 3. The third-order valence-electron chi connectivity index (χ3n) is 4.82. The molecule has 7 nitrogen and oxygen atoms in total. The molecule has 0 aliphatic rings.